The van der Waals surface area contributed by atoms with Crippen LogP contribution in [0.15, 0.2) is 60.7 Å². The Morgan fingerprint density at radius 3 is 2.20 bits per heavy atom. The van der Waals surface area contributed by atoms with Gasteiger partial charge in [-0.15, -0.1) is 0 Å². The minimum atomic E-state index is -4.71. The Labute approximate surface area is 141 Å². The molecule has 1 N–H and O–H groups in total. The van der Waals surface area contributed by atoms with Crippen LogP contribution in [-0.4, -0.2) is 25.2 Å². The second-order valence-corrected chi connectivity index (χ2v) is 4.95. The molecule has 1 amide bonds. The van der Waals surface area contributed by atoms with Crippen molar-refractivity contribution in [3.05, 3.63) is 71.8 Å². The van der Waals surface area contributed by atoms with Gasteiger partial charge in [0.15, 0.2) is 0 Å². The predicted octanol–water partition coefficient (Wildman–Crippen LogP) is 4.06. The molecular weight excluding hydrogens is 335 g/mol. The summed E-state index contributed by atoms with van der Waals surface area (Å²) in [6.45, 7) is 0. The molecule has 7 heteroatoms. The molecule has 25 heavy (non-hydrogen) atoms. The zero-order valence-electron chi connectivity index (χ0n) is 13.1. The fourth-order valence-corrected chi connectivity index (χ4v) is 2.13. The van der Waals surface area contributed by atoms with Gasteiger partial charge >= 0.3 is 12.1 Å². The Balaban J connectivity index is 2.34. The first kappa shape index (κ1) is 18.3. The van der Waals surface area contributed by atoms with Gasteiger partial charge in [0.25, 0.3) is 0 Å². The molecule has 0 spiro atoms. The third-order valence-corrected chi connectivity index (χ3v) is 3.26. The number of alkyl halides is 3. The van der Waals surface area contributed by atoms with Gasteiger partial charge in [-0.2, -0.15) is 13.2 Å². The highest BCUT2D eigenvalue weighted by molar-refractivity contribution is 6.08. The van der Waals surface area contributed by atoms with Crippen molar-refractivity contribution in [1.82, 2.24) is 0 Å². The first-order chi connectivity index (χ1) is 11.8. The number of carbonyl (C=O) groups excluding carboxylic acids is 2. The number of amides is 1. The number of hydrogen-bond acceptors (Lipinski definition) is 3. The number of hydrogen-bond donors (Lipinski definition) is 1. The van der Waals surface area contributed by atoms with Gasteiger partial charge in [0.2, 0.25) is 5.91 Å². The molecule has 4 nitrogen and oxygen atoms in total. The summed E-state index contributed by atoms with van der Waals surface area (Å²) in [6.07, 6.45) is -4.25. The number of esters is 1. The molecule has 0 aliphatic heterocycles. The van der Waals surface area contributed by atoms with Crippen molar-refractivity contribution >= 4 is 23.1 Å². The molecule has 0 saturated carbocycles. The zero-order valence-corrected chi connectivity index (χ0v) is 13.1. The number of nitrogens with one attached hydrogen (secondary N) is 1. The summed E-state index contributed by atoms with van der Waals surface area (Å²) in [4.78, 5) is 23.7. The number of halogens is 3. The molecule has 0 heterocycles. The van der Waals surface area contributed by atoms with Crippen LogP contribution < -0.4 is 5.32 Å². The van der Waals surface area contributed by atoms with E-state index in [1.807, 2.05) is 0 Å². The summed E-state index contributed by atoms with van der Waals surface area (Å²) >= 11 is 0. The minimum absolute atomic E-state index is 0.0417. The standard InChI is InChI=1S/C18H14F3NO3/c1-25-17(24)13-9-5-6-10-15(13)22-16(23)11-14(18(19,20)21)12-7-3-2-4-8-12/h2-11H,1H3,(H,22,23)/b14-11-. The van der Waals surface area contributed by atoms with Crippen molar-refractivity contribution in [3.8, 4) is 0 Å². The van der Waals surface area contributed by atoms with Gasteiger partial charge in [0.05, 0.1) is 23.9 Å². The number of ether oxygens (including phenoxy) is 1. The van der Waals surface area contributed by atoms with Crippen LogP contribution in [0.2, 0.25) is 0 Å². The topological polar surface area (TPSA) is 55.4 Å². The molecule has 0 unspecified atom stereocenters. The highest BCUT2D eigenvalue weighted by Crippen LogP contribution is 2.33. The second kappa shape index (κ2) is 7.65. The van der Waals surface area contributed by atoms with Gasteiger partial charge in [0, 0.05) is 6.08 Å². The minimum Gasteiger partial charge on any atom is -0.465 e. The second-order valence-electron chi connectivity index (χ2n) is 4.95. The summed E-state index contributed by atoms with van der Waals surface area (Å²) in [5.41, 5.74) is -1.11. The maximum absolute atomic E-state index is 13.2. The summed E-state index contributed by atoms with van der Waals surface area (Å²) in [5, 5.41) is 2.28. The van der Waals surface area contributed by atoms with Crippen molar-refractivity contribution < 1.29 is 27.5 Å². The van der Waals surface area contributed by atoms with Gasteiger partial charge in [-0.1, -0.05) is 42.5 Å². The Morgan fingerprint density at radius 1 is 1.00 bits per heavy atom. The fraction of sp³-hybridized carbons (Fsp3) is 0.111. The average molecular weight is 349 g/mol. The first-order valence-corrected chi connectivity index (χ1v) is 7.15. The Kier molecular flexibility index (Phi) is 5.59. The highest BCUT2D eigenvalue weighted by Gasteiger charge is 2.35. The Bertz CT molecular complexity index is 799. The lowest BCUT2D eigenvalue weighted by Gasteiger charge is -2.13. The van der Waals surface area contributed by atoms with Gasteiger partial charge < -0.3 is 10.1 Å². The molecule has 0 radical (unpaired) electrons. The van der Waals surface area contributed by atoms with Crippen LogP contribution in [0.4, 0.5) is 18.9 Å². The van der Waals surface area contributed by atoms with Gasteiger partial charge in [-0.3, -0.25) is 4.79 Å². The highest BCUT2D eigenvalue weighted by atomic mass is 19.4. The molecule has 0 atom stereocenters. The molecule has 2 rings (SSSR count). The van der Waals surface area contributed by atoms with Crippen LogP contribution in [0.5, 0.6) is 0 Å². The number of carbonyl (C=O) groups is 2. The first-order valence-electron chi connectivity index (χ1n) is 7.15. The summed E-state index contributed by atoms with van der Waals surface area (Å²) < 4.78 is 44.3. The number of benzene rings is 2. The third-order valence-electron chi connectivity index (χ3n) is 3.26. The largest absolute Gasteiger partial charge is 0.465 e. The van der Waals surface area contributed by atoms with Gasteiger partial charge in [-0.25, -0.2) is 4.79 Å². The summed E-state index contributed by atoms with van der Waals surface area (Å²) in [7, 11) is 1.16. The molecule has 0 aliphatic rings. The average Bonchev–Trinajstić information content (AvgIpc) is 2.59. The van der Waals surface area contributed by atoms with Crippen LogP contribution in [0, 0.1) is 0 Å². The van der Waals surface area contributed by atoms with Crippen LogP contribution in [0.25, 0.3) is 5.57 Å². The van der Waals surface area contributed by atoms with E-state index in [1.165, 1.54) is 42.5 Å². The van der Waals surface area contributed by atoms with E-state index in [-0.39, 0.29) is 16.8 Å². The molecule has 2 aromatic rings. The smallest absolute Gasteiger partial charge is 0.417 e. The van der Waals surface area contributed by atoms with E-state index in [1.54, 1.807) is 12.1 Å². The third kappa shape index (κ3) is 4.69. The molecule has 0 saturated heterocycles. The van der Waals surface area contributed by atoms with E-state index in [9.17, 15) is 22.8 Å². The summed E-state index contributed by atoms with van der Waals surface area (Å²) in [6, 6.07) is 12.9. The van der Waals surface area contributed by atoms with Crippen molar-refractivity contribution in [2.45, 2.75) is 6.18 Å². The lowest BCUT2D eigenvalue weighted by molar-refractivity contribution is -0.112. The quantitative estimate of drug-likeness (QED) is 0.669. The van der Waals surface area contributed by atoms with Crippen LogP contribution in [0.3, 0.4) is 0 Å². The maximum atomic E-state index is 13.2. The van der Waals surface area contributed by atoms with Crippen molar-refractivity contribution in [2.24, 2.45) is 0 Å². The van der Waals surface area contributed by atoms with E-state index >= 15 is 0 Å². The number of methoxy groups -OCH3 is 1. The lowest BCUT2D eigenvalue weighted by Crippen LogP contribution is -2.17. The summed E-state index contributed by atoms with van der Waals surface area (Å²) in [5.74, 6) is -1.72. The van der Waals surface area contributed by atoms with Crippen molar-refractivity contribution in [2.75, 3.05) is 12.4 Å². The molecule has 0 aromatic heterocycles. The monoisotopic (exact) mass is 349 g/mol. The van der Waals surface area contributed by atoms with E-state index < -0.39 is 23.6 Å². The normalized spacial score (nSPS) is 11.8. The number of rotatable bonds is 4. The predicted molar refractivity (Wildman–Crippen MR) is 86.9 cm³/mol. The van der Waals surface area contributed by atoms with E-state index in [2.05, 4.69) is 10.1 Å². The molecule has 2 aromatic carbocycles. The zero-order chi connectivity index (χ0) is 18.4. The number of anilines is 1. The molecule has 0 aliphatic carbocycles. The van der Waals surface area contributed by atoms with Gasteiger partial charge in [-0.05, 0) is 17.7 Å². The van der Waals surface area contributed by atoms with Crippen LogP contribution in [0.1, 0.15) is 15.9 Å². The van der Waals surface area contributed by atoms with E-state index in [0.717, 1.165) is 7.11 Å². The lowest BCUT2D eigenvalue weighted by atomic mass is 10.0. The van der Waals surface area contributed by atoms with Crippen molar-refractivity contribution in [1.29, 1.82) is 0 Å². The molecule has 130 valence electrons. The van der Waals surface area contributed by atoms with E-state index in [4.69, 9.17) is 0 Å². The molecule has 0 bridgehead atoms. The van der Waals surface area contributed by atoms with Crippen LogP contribution in [-0.2, 0) is 9.53 Å². The maximum Gasteiger partial charge on any atom is 0.417 e. The Morgan fingerprint density at radius 2 is 1.60 bits per heavy atom. The van der Waals surface area contributed by atoms with Crippen molar-refractivity contribution in [3.63, 3.8) is 0 Å². The van der Waals surface area contributed by atoms with Gasteiger partial charge in [0.1, 0.15) is 0 Å². The molecular formula is C18H14F3NO3. The Hall–Kier alpha value is -3.09. The fourth-order valence-electron chi connectivity index (χ4n) is 2.13. The SMILES string of the molecule is COC(=O)c1ccccc1NC(=O)/C=C(/c1ccccc1)C(F)(F)F. The molecule has 0 fully saturated rings. The number of para-hydroxylation sites is 1. The number of allylic oxidation sites excluding steroid dienone is 1. The van der Waals surface area contributed by atoms with E-state index in [0.29, 0.717) is 6.08 Å². The van der Waals surface area contributed by atoms with Crippen LogP contribution >= 0.6 is 0 Å².